The Morgan fingerprint density at radius 1 is 1.50 bits per heavy atom. The van der Waals surface area contributed by atoms with Crippen LogP contribution in [-0.2, 0) is 16.6 Å². The Labute approximate surface area is 109 Å². The van der Waals surface area contributed by atoms with Crippen LogP contribution >= 0.6 is 0 Å². The Bertz CT molecular complexity index is 491. The molecular formula is C12H20N2O3S. The number of hydrogen-bond acceptors (Lipinski definition) is 4. The van der Waals surface area contributed by atoms with Gasteiger partial charge in [0.2, 0.25) is 5.09 Å². The maximum atomic E-state index is 12.0. The first kappa shape index (κ1) is 14.9. The molecule has 1 N–H and O–H groups in total. The van der Waals surface area contributed by atoms with Crippen molar-refractivity contribution < 1.29 is 12.8 Å². The van der Waals surface area contributed by atoms with E-state index in [1.165, 1.54) is 23.5 Å². The first-order valence-electron chi connectivity index (χ1n) is 5.77. The third-order valence-corrected chi connectivity index (χ3v) is 4.07. The van der Waals surface area contributed by atoms with Crippen molar-refractivity contribution >= 4 is 10.0 Å². The summed E-state index contributed by atoms with van der Waals surface area (Å²) in [6, 6.07) is 3.47. The van der Waals surface area contributed by atoms with Gasteiger partial charge in [-0.05, 0) is 12.1 Å². The lowest BCUT2D eigenvalue weighted by atomic mass is 10.3. The van der Waals surface area contributed by atoms with E-state index in [0.717, 1.165) is 0 Å². The SMILES string of the molecule is C=CCN(C)S(=O)(=O)c1ccc(CNC(C)C)o1. The predicted octanol–water partition coefficient (Wildman–Crippen LogP) is 1.58. The fourth-order valence-electron chi connectivity index (χ4n) is 1.33. The van der Waals surface area contributed by atoms with Gasteiger partial charge in [-0.25, -0.2) is 8.42 Å². The van der Waals surface area contributed by atoms with Crippen LogP contribution in [0.25, 0.3) is 0 Å². The maximum Gasteiger partial charge on any atom is 0.276 e. The Balaban J connectivity index is 2.81. The highest BCUT2D eigenvalue weighted by molar-refractivity contribution is 7.89. The summed E-state index contributed by atoms with van der Waals surface area (Å²) in [7, 11) is -2.06. The van der Waals surface area contributed by atoms with Crippen LogP contribution in [0, 0.1) is 0 Å². The molecule has 0 bridgehead atoms. The van der Waals surface area contributed by atoms with Gasteiger partial charge in [-0.1, -0.05) is 19.9 Å². The van der Waals surface area contributed by atoms with Gasteiger partial charge in [0.25, 0.3) is 10.0 Å². The number of nitrogens with one attached hydrogen (secondary N) is 1. The quantitative estimate of drug-likeness (QED) is 0.766. The molecule has 0 spiro atoms. The standard InChI is InChI=1S/C12H20N2O3S/c1-5-8-14(4)18(15,16)12-7-6-11(17-12)9-13-10(2)3/h5-7,10,13H,1,8-9H2,2-4H3. The van der Waals surface area contributed by atoms with Crippen molar-refractivity contribution in [1.82, 2.24) is 9.62 Å². The van der Waals surface area contributed by atoms with Crippen molar-refractivity contribution in [1.29, 1.82) is 0 Å². The minimum Gasteiger partial charge on any atom is -0.447 e. The molecule has 0 unspecified atom stereocenters. The third-order valence-electron chi connectivity index (χ3n) is 2.37. The minimum absolute atomic E-state index is 0.0348. The summed E-state index contributed by atoms with van der Waals surface area (Å²) in [6.45, 7) is 8.30. The highest BCUT2D eigenvalue weighted by atomic mass is 32.2. The fourth-order valence-corrected chi connectivity index (χ4v) is 2.39. The lowest BCUT2D eigenvalue weighted by Gasteiger charge is -2.12. The molecular weight excluding hydrogens is 252 g/mol. The van der Waals surface area contributed by atoms with E-state index in [-0.39, 0.29) is 11.6 Å². The van der Waals surface area contributed by atoms with Crippen molar-refractivity contribution in [2.45, 2.75) is 31.5 Å². The minimum atomic E-state index is -3.55. The number of rotatable bonds is 7. The average molecular weight is 272 g/mol. The van der Waals surface area contributed by atoms with Crippen LogP contribution in [0.4, 0.5) is 0 Å². The van der Waals surface area contributed by atoms with Gasteiger partial charge in [-0.2, -0.15) is 4.31 Å². The van der Waals surface area contributed by atoms with Gasteiger partial charge in [0.15, 0.2) is 0 Å². The molecule has 0 aromatic carbocycles. The summed E-state index contributed by atoms with van der Waals surface area (Å²) >= 11 is 0. The van der Waals surface area contributed by atoms with E-state index in [1.54, 1.807) is 6.07 Å². The summed E-state index contributed by atoms with van der Waals surface area (Å²) in [4.78, 5) is 0. The molecule has 6 heteroatoms. The molecule has 0 saturated heterocycles. The molecule has 0 aliphatic rings. The van der Waals surface area contributed by atoms with Gasteiger partial charge in [0.1, 0.15) is 5.76 Å². The Morgan fingerprint density at radius 2 is 2.17 bits per heavy atom. The van der Waals surface area contributed by atoms with Gasteiger partial charge in [0, 0.05) is 19.6 Å². The number of nitrogens with zero attached hydrogens (tertiary/aromatic N) is 1. The Hall–Kier alpha value is -1.11. The molecule has 102 valence electrons. The van der Waals surface area contributed by atoms with E-state index in [9.17, 15) is 8.42 Å². The van der Waals surface area contributed by atoms with Gasteiger partial charge < -0.3 is 9.73 Å². The van der Waals surface area contributed by atoms with Gasteiger partial charge in [-0.15, -0.1) is 6.58 Å². The summed E-state index contributed by atoms with van der Waals surface area (Å²) < 4.78 is 30.6. The molecule has 1 heterocycles. The monoisotopic (exact) mass is 272 g/mol. The predicted molar refractivity (Wildman–Crippen MR) is 70.7 cm³/mol. The van der Waals surface area contributed by atoms with Crippen LogP contribution in [0.3, 0.4) is 0 Å². The van der Waals surface area contributed by atoms with Gasteiger partial charge in [-0.3, -0.25) is 0 Å². The number of likely N-dealkylation sites (N-methyl/N-ethyl adjacent to an activating group) is 1. The smallest absolute Gasteiger partial charge is 0.276 e. The molecule has 18 heavy (non-hydrogen) atoms. The molecule has 5 nitrogen and oxygen atoms in total. The zero-order valence-corrected chi connectivity index (χ0v) is 11.8. The van der Waals surface area contributed by atoms with Crippen LogP contribution < -0.4 is 5.32 Å². The summed E-state index contributed by atoms with van der Waals surface area (Å²) in [5.74, 6) is 0.606. The van der Waals surface area contributed by atoms with Crippen LogP contribution in [0.5, 0.6) is 0 Å². The second-order valence-corrected chi connectivity index (χ2v) is 6.31. The van der Waals surface area contributed by atoms with Crippen LogP contribution in [-0.4, -0.2) is 32.4 Å². The lowest BCUT2D eigenvalue weighted by molar-refractivity contribution is 0.381. The van der Waals surface area contributed by atoms with Crippen molar-refractivity contribution in [2.24, 2.45) is 0 Å². The molecule has 1 rings (SSSR count). The average Bonchev–Trinajstić information content (AvgIpc) is 2.75. The maximum absolute atomic E-state index is 12.0. The number of furan rings is 1. The zero-order valence-electron chi connectivity index (χ0n) is 11.0. The van der Waals surface area contributed by atoms with Crippen molar-refractivity contribution in [3.8, 4) is 0 Å². The van der Waals surface area contributed by atoms with E-state index in [0.29, 0.717) is 18.3 Å². The van der Waals surface area contributed by atoms with Crippen molar-refractivity contribution in [3.63, 3.8) is 0 Å². The van der Waals surface area contributed by atoms with E-state index in [1.807, 2.05) is 13.8 Å². The largest absolute Gasteiger partial charge is 0.447 e. The van der Waals surface area contributed by atoms with E-state index < -0.39 is 10.0 Å². The molecule has 0 amide bonds. The van der Waals surface area contributed by atoms with Crippen LogP contribution in [0.15, 0.2) is 34.3 Å². The first-order chi connectivity index (χ1) is 8.37. The van der Waals surface area contributed by atoms with Crippen molar-refractivity contribution in [2.75, 3.05) is 13.6 Å². The molecule has 0 fully saturated rings. The Morgan fingerprint density at radius 3 is 2.72 bits per heavy atom. The van der Waals surface area contributed by atoms with Gasteiger partial charge in [0.05, 0.1) is 6.54 Å². The number of sulfonamides is 1. The molecule has 0 aliphatic carbocycles. The van der Waals surface area contributed by atoms with Crippen LogP contribution in [0.2, 0.25) is 0 Å². The third kappa shape index (κ3) is 3.69. The van der Waals surface area contributed by atoms with E-state index >= 15 is 0 Å². The normalized spacial score (nSPS) is 12.3. The van der Waals surface area contributed by atoms with E-state index in [4.69, 9.17) is 4.42 Å². The molecule has 0 radical (unpaired) electrons. The zero-order chi connectivity index (χ0) is 13.8. The topological polar surface area (TPSA) is 62.6 Å². The summed E-state index contributed by atoms with van der Waals surface area (Å²) in [5.41, 5.74) is 0. The summed E-state index contributed by atoms with van der Waals surface area (Å²) in [6.07, 6.45) is 1.53. The fraction of sp³-hybridized carbons (Fsp3) is 0.500. The highest BCUT2D eigenvalue weighted by Crippen LogP contribution is 2.17. The van der Waals surface area contributed by atoms with E-state index in [2.05, 4.69) is 11.9 Å². The Kier molecular flexibility index (Phi) is 5.13. The number of hydrogen-bond donors (Lipinski definition) is 1. The highest BCUT2D eigenvalue weighted by Gasteiger charge is 2.23. The van der Waals surface area contributed by atoms with Crippen LogP contribution in [0.1, 0.15) is 19.6 Å². The first-order valence-corrected chi connectivity index (χ1v) is 7.21. The van der Waals surface area contributed by atoms with Crippen molar-refractivity contribution in [3.05, 3.63) is 30.5 Å². The molecule has 0 atom stereocenters. The molecule has 0 aliphatic heterocycles. The lowest BCUT2D eigenvalue weighted by Crippen LogP contribution is -2.26. The second kappa shape index (κ2) is 6.17. The second-order valence-electron chi connectivity index (χ2n) is 4.33. The molecule has 1 aromatic rings. The molecule has 1 aromatic heterocycles. The molecule has 0 saturated carbocycles. The summed E-state index contributed by atoms with van der Waals surface area (Å²) in [5, 5.41) is 3.13. The van der Waals surface area contributed by atoms with Gasteiger partial charge >= 0.3 is 0 Å².